The van der Waals surface area contributed by atoms with E-state index in [1.807, 2.05) is 0 Å². The Kier molecular flexibility index (Phi) is 14.1. The normalized spacial score (nSPS) is 36.0. The van der Waals surface area contributed by atoms with Crippen molar-refractivity contribution in [3.63, 3.8) is 0 Å². The van der Waals surface area contributed by atoms with Crippen molar-refractivity contribution in [2.75, 3.05) is 0 Å². The maximum absolute atomic E-state index is 11.4. The molecular formula is C23H40N2O13P2. The predicted molar refractivity (Wildman–Crippen MR) is 144 cm³/mol. The average Bonchev–Trinajstić information content (AvgIpc) is 2.80. The fraction of sp³-hybridized carbons (Fsp3) is 0.783. The van der Waals surface area contributed by atoms with Gasteiger partial charge < -0.3 is 59.6 Å². The van der Waals surface area contributed by atoms with Gasteiger partial charge in [0.05, 0.1) is 36.0 Å². The van der Waals surface area contributed by atoms with Crippen LogP contribution in [0.4, 0.5) is 0 Å². The molecule has 2 heterocycles. The Labute approximate surface area is 236 Å². The molecule has 17 heteroatoms. The van der Waals surface area contributed by atoms with Gasteiger partial charge in [-0.25, -0.2) is 4.79 Å². The van der Waals surface area contributed by atoms with Crippen LogP contribution < -0.4 is 10.6 Å². The largest absolute Gasteiger partial charge is 0.477 e. The van der Waals surface area contributed by atoms with Gasteiger partial charge in [-0.15, -0.1) is 18.5 Å². The molecule has 2 aliphatic rings. The molecule has 0 aliphatic carbocycles. The van der Waals surface area contributed by atoms with Crippen LogP contribution in [0.15, 0.2) is 0 Å². The Morgan fingerprint density at radius 1 is 0.950 bits per heavy atom. The zero-order valence-electron chi connectivity index (χ0n) is 22.9. The van der Waals surface area contributed by atoms with E-state index in [9.17, 15) is 44.4 Å². The number of carbonyl (C=O) groups is 5. The lowest BCUT2D eigenvalue weighted by Gasteiger charge is -2.46. The van der Waals surface area contributed by atoms with Crippen LogP contribution in [-0.4, -0.2) is 117 Å². The van der Waals surface area contributed by atoms with Crippen LogP contribution in [0, 0.1) is 0 Å². The highest BCUT2D eigenvalue weighted by molar-refractivity contribution is 7.17. The fourth-order valence-corrected chi connectivity index (χ4v) is 4.94. The van der Waals surface area contributed by atoms with Gasteiger partial charge in [0.2, 0.25) is 11.8 Å². The molecule has 0 aromatic carbocycles. The number of carbonyl (C=O) groups excluding carboxylic acids is 4. The van der Waals surface area contributed by atoms with E-state index in [1.54, 1.807) is 20.8 Å². The monoisotopic (exact) mass is 614 g/mol. The molecule has 40 heavy (non-hydrogen) atoms. The van der Waals surface area contributed by atoms with Crippen molar-refractivity contribution in [1.29, 1.82) is 0 Å². The average molecular weight is 615 g/mol. The first-order valence-electron chi connectivity index (χ1n) is 12.3. The highest BCUT2D eigenvalue weighted by atomic mass is 31.0. The number of carboxylic acid groups (broad SMARTS) is 1. The molecule has 0 radical (unpaired) electrons. The molecule has 13 atom stereocenters. The Balaban J connectivity index is 0.000000400. The first kappa shape index (κ1) is 36.4. The lowest BCUT2D eigenvalue weighted by molar-refractivity contribution is -0.305. The van der Waals surface area contributed by atoms with Crippen molar-refractivity contribution < 1.29 is 63.3 Å². The van der Waals surface area contributed by atoms with Gasteiger partial charge in [0, 0.05) is 26.7 Å². The topological polar surface area (TPSA) is 227 Å². The predicted octanol–water partition coefficient (Wildman–Crippen LogP) is -1.99. The van der Waals surface area contributed by atoms with Crippen molar-refractivity contribution >= 4 is 48.8 Å². The number of carboxylic acids is 1. The van der Waals surface area contributed by atoms with E-state index in [0.717, 1.165) is 0 Å². The summed E-state index contributed by atoms with van der Waals surface area (Å²) < 4.78 is 21.6. The van der Waals surface area contributed by atoms with E-state index in [0.29, 0.717) is 12.6 Å². The Hall–Kier alpha value is -1.67. The minimum absolute atomic E-state index is 0.110. The number of aliphatic carboxylic acids is 1. The lowest BCUT2D eigenvalue weighted by Crippen LogP contribution is -2.64. The number of ether oxygens (including phenoxy) is 4. The second-order valence-electron chi connectivity index (χ2n) is 9.76. The summed E-state index contributed by atoms with van der Waals surface area (Å²) in [4.78, 5) is 55.5. The SMILES string of the molecule is CC(=O)NC1C(O)CC(C)(OC(C)P)OC1C(O)C=O.CC(=O)NC1C(O)CC(OC(C)P)(C(=O)O)OC1C=O. The summed E-state index contributed by atoms with van der Waals surface area (Å²) in [5.74, 6) is -6.37. The summed E-state index contributed by atoms with van der Waals surface area (Å²) in [7, 11) is 4.67. The smallest absolute Gasteiger partial charge is 0.364 e. The molecule has 0 aromatic rings. The minimum Gasteiger partial charge on any atom is -0.477 e. The number of aliphatic hydroxyl groups excluding tert-OH is 3. The van der Waals surface area contributed by atoms with E-state index >= 15 is 0 Å². The van der Waals surface area contributed by atoms with Crippen LogP contribution >= 0.6 is 18.5 Å². The quantitative estimate of drug-likeness (QED) is 0.116. The lowest BCUT2D eigenvalue weighted by atomic mass is 9.91. The number of rotatable bonds is 10. The van der Waals surface area contributed by atoms with Crippen LogP contribution in [0.25, 0.3) is 0 Å². The summed E-state index contributed by atoms with van der Waals surface area (Å²) in [6.07, 6.45) is -5.81. The van der Waals surface area contributed by atoms with Gasteiger partial charge in [0.25, 0.3) is 5.79 Å². The molecule has 2 rings (SSSR count). The van der Waals surface area contributed by atoms with Gasteiger partial charge in [0.1, 0.15) is 18.3 Å². The van der Waals surface area contributed by atoms with Crippen molar-refractivity contribution in [3.8, 4) is 0 Å². The number of aldehydes is 2. The molecular weight excluding hydrogens is 574 g/mol. The first-order chi connectivity index (χ1) is 18.4. The molecule has 6 N–H and O–H groups in total. The number of amides is 2. The molecule has 0 spiro atoms. The van der Waals surface area contributed by atoms with E-state index in [1.165, 1.54) is 13.8 Å². The molecule has 2 fully saturated rings. The summed E-state index contributed by atoms with van der Waals surface area (Å²) in [6.45, 7) is 7.46. The Morgan fingerprint density at radius 2 is 1.45 bits per heavy atom. The Bertz CT molecular complexity index is 910. The second-order valence-corrected chi connectivity index (χ2v) is 11.6. The van der Waals surface area contributed by atoms with Crippen LogP contribution in [0.1, 0.15) is 47.5 Å². The van der Waals surface area contributed by atoms with E-state index in [-0.39, 0.29) is 18.2 Å². The molecule has 13 unspecified atom stereocenters. The standard InChI is InChI=1S/C12H22NO6P.C11H18NO7P/c1-6(15)13-10-8(16)4-12(3,18-7(2)20)19-11(10)9(17)5-14;1-5(14)12-9-7(15)3-11(10(16)17,18-6(2)20)19-8(9)4-13/h5,7-11,16-17H,4,20H2,1-3H3,(H,13,15);4,6-9,15H,3,20H2,1-2H3,(H,12,14)(H,16,17). The van der Waals surface area contributed by atoms with Gasteiger partial charge in [-0.05, 0) is 20.8 Å². The van der Waals surface area contributed by atoms with E-state index < -0.39 is 78.3 Å². The fourth-order valence-electron chi connectivity index (χ4n) is 4.43. The van der Waals surface area contributed by atoms with Gasteiger partial charge in [-0.3, -0.25) is 9.59 Å². The zero-order valence-corrected chi connectivity index (χ0v) is 25.2. The summed E-state index contributed by atoms with van der Waals surface area (Å²) in [6, 6.07) is -1.88. The minimum atomic E-state index is -2.12. The van der Waals surface area contributed by atoms with Gasteiger partial charge >= 0.3 is 5.97 Å². The molecule has 2 amide bonds. The summed E-state index contributed by atoms with van der Waals surface area (Å²) >= 11 is 0. The van der Waals surface area contributed by atoms with Crippen molar-refractivity contribution in [1.82, 2.24) is 10.6 Å². The van der Waals surface area contributed by atoms with Crippen molar-refractivity contribution in [2.24, 2.45) is 0 Å². The number of nitrogens with one attached hydrogen (secondary N) is 2. The summed E-state index contributed by atoms with van der Waals surface area (Å²) in [5, 5.41) is 44.0. The number of hydrogen-bond acceptors (Lipinski definition) is 12. The molecule has 0 aromatic heterocycles. The van der Waals surface area contributed by atoms with Crippen molar-refractivity contribution in [3.05, 3.63) is 0 Å². The van der Waals surface area contributed by atoms with Gasteiger partial charge in [0.15, 0.2) is 18.4 Å². The van der Waals surface area contributed by atoms with Gasteiger partial charge in [-0.2, -0.15) is 0 Å². The molecule has 0 bridgehead atoms. The number of aliphatic hydroxyl groups is 3. The molecule has 15 nitrogen and oxygen atoms in total. The summed E-state index contributed by atoms with van der Waals surface area (Å²) in [5.41, 5.74) is 0. The maximum atomic E-state index is 11.4. The van der Waals surface area contributed by atoms with Crippen LogP contribution in [-0.2, 0) is 42.9 Å². The highest BCUT2D eigenvalue weighted by Crippen LogP contribution is 2.34. The van der Waals surface area contributed by atoms with E-state index in [4.69, 9.17) is 18.9 Å². The third-order valence-electron chi connectivity index (χ3n) is 5.79. The third-order valence-corrected chi connectivity index (χ3v) is 6.07. The first-order valence-corrected chi connectivity index (χ1v) is 13.7. The molecule has 230 valence electrons. The van der Waals surface area contributed by atoms with Gasteiger partial charge in [-0.1, -0.05) is 0 Å². The zero-order chi connectivity index (χ0) is 31.0. The van der Waals surface area contributed by atoms with Crippen LogP contribution in [0.5, 0.6) is 0 Å². The Morgan fingerprint density at radius 3 is 1.88 bits per heavy atom. The number of hydrogen-bond donors (Lipinski definition) is 6. The second kappa shape index (κ2) is 15.5. The van der Waals surface area contributed by atoms with Crippen molar-refractivity contribution in [2.45, 2.75) is 113 Å². The van der Waals surface area contributed by atoms with E-state index in [2.05, 4.69) is 29.1 Å². The molecule has 0 saturated carbocycles. The molecule has 2 saturated heterocycles. The van der Waals surface area contributed by atoms with Crippen LogP contribution in [0.3, 0.4) is 0 Å². The van der Waals surface area contributed by atoms with Crippen LogP contribution in [0.2, 0.25) is 0 Å². The third kappa shape index (κ3) is 10.3. The highest BCUT2D eigenvalue weighted by Gasteiger charge is 2.54. The molecule has 2 aliphatic heterocycles. The maximum Gasteiger partial charge on any atom is 0.364 e.